The average Bonchev–Trinajstić information content (AvgIpc) is 2.79. The molecule has 18 heavy (non-hydrogen) atoms. The fourth-order valence-electron chi connectivity index (χ4n) is 2.60. The fraction of sp³-hybridized carbons (Fsp3) is 0.750. The summed E-state index contributed by atoms with van der Waals surface area (Å²) in [6, 6.07) is -0.455. The van der Waals surface area contributed by atoms with Crippen LogP contribution in [-0.4, -0.2) is 43.5 Å². The molecule has 1 aliphatic carbocycles. The smallest absolute Gasteiger partial charge is 0.242 e. The van der Waals surface area contributed by atoms with Gasteiger partial charge in [0.1, 0.15) is 6.04 Å². The zero-order chi connectivity index (χ0) is 13.2. The van der Waals surface area contributed by atoms with Crippen LogP contribution in [0.15, 0.2) is 12.2 Å². The quantitative estimate of drug-likeness (QED) is 0.767. The van der Waals surface area contributed by atoms with Gasteiger partial charge in [0, 0.05) is 12.6 Å². The molecule has 0 bridgehead atoms. The van der Waals surface area contributed by atoms with Gasteiger partial charge in [-0.1, -0.05) is 31.4 Å². The van der Waals surface area contributed by atoms with Gasteiger partial charge in [-0.15, -0.1) is 0 Å². The highest BCUT2D eigenvalue weighted by Gasteiger charge is 2.33. The predicted molar refractivity (Wildman–Crippen MR) is 69.5 cm³/mol. The van der Waals surface area contributed by atoms with Gasteiger partial charge >= 0.3 is 0 Å². The second-order valence-electron chi connectivity index (χ2n) is 5.05. The third kappa shape index (κ3) is 3.11. The van der Waals surface area contributed by atoms with Gasteiger partial charge in [0.05, 0.1) is 6.26 Å². The van der Waals surface area contributed by atoms with Crippen molar-refractivity contribution in [2.45, 2.75) is 44.2 Å². The van der Waals surface area contributed by atoms with Crippen molar-refractivity contribution in [1.82, 2.24) is 9.62 Å². The van der Waals surface area contributed by atoms with Gasteiger partial charge in [0.2, 0.25) is 15.9 Å². The van der Waals surface area contributed by atoms with Crippen LogP contribution in [0.3, 0.4) is 0 Å². The molecule has 2 aliphatic rings. The Morgan fingerprint density at radius 1 is 1.28 bits per heavy atom. The van der Waals surface area contributed by atoms with E-state index >= 15 is 0 Å². The second kappa shape index (κ2) is 5.40. The first-order valence-electron chi connectivity index (χ1n) is 6.42. The van der Waals surface area contributed by atoms with E-state index in [0.717, 1.165) is 31.9 Å². The molecule has 0 aromatic rings. The van der Waals surface area contributed by atoms with E-state index in [1.165, 1.54) is 10.7 Å². The Hall–Kier alpha value is -0.880. The van der Waals surface area contributed by atoms with Gasteiger partial charge in [-0.05, 0) is 12.8 Å². The molecule has 5 nitrogen and oxygen atoms in total. The minimum absolute atomic E-state index is 0.193. The van der Waals surface area contributed by atoms with E-state index in [0.29, 0.717) is 6.54 Å². The van der Waals surface area contributed by atoms with Crippen molar-refractivity contribution in [1.29, 1.82) is 0 Å². The molecule has 0 aromatic carbocycles. The molecule has 0 unspecified atom stereocenters. The first-order chi connectivity index (χ1) is 8.48. The Bertz CT molecular complexity index is 438. The monoisotopic (exact) mass is 272 g/mol. The zero-order valence-corrected chi connectivity index (χ0v) is 11.4. The van der Waals surface area contributed by atoms with Crippen LogP contribution in [0.1, 0.15) is 32.1 Å². The fourth-order valence-corrected chi connectivity index (χ4v) is 3.53. The van der Waals surface area contributed by atoms with Gasteiger partial charge in [0.15, 0.2) is 0 Å². The van der Waals surface area contributed by atoms with Crippen molar-refractivity contribution in [3.63, 3.8) is 0 Å². The van der Waals surface area contributed by atoms with E-state index < -0.39 is 16.1 Å². The molecule has 1 aliphatic heterocycles. The largest absolute Gasteiger partial charge is 0.352 e. The van der Waals surface area contributed by atoms with Crippen molar-refractivity contribution >= 4 is 15.9 Å². The van der Waals surface area contributed by atoms with Crippen molar-refractivity contribution in [3.8, 4) is 0 Å². The van der Waals surface area contributed by atoms with Crippen LogP contribution in [0.5, 0.6) is 0 Å². The Labute approximate surface area is 108 Å². The van der Waals surface area contributed by atoms with Gasteiger partial charge in [-0.25, -0.2) is 8.42 Å². The Balaban J connectivity index is 1.97. The number of carbonyl (C=O) groups is 1. The van der Waals surface area contributed by atoms with E-state index in [-0.39, 0.29) is 11.9 Å². The third-order valence-electron chi connectivity index (χ3n) is 3.56. The lowest BCUT2D eigenvalue weighted by Gasteiger charge is -2.26. The summed E-state index contributed by atoms with van der Waals surface area (Å²) in [5.41, 5.74) is 0. The summed E-state index contributed by atoms with van der Waals surface area (Å²) >= 11 is 0. The highest BCUT2D eigenvalue weighted by atomic mass is 32.2. The summed E-state index contributed by atoms with van der Waals surface area (Å²) in [6.07, 6.45) is 10.0. The number of sulfonamides is 1. The minimum Gasteiger partial charge on any atom is -0.352 e. The summed E-state index contributed by atoms with van der Waals surface area (Å²) in [5.74, 6) is -0.193. The molecule has 1 fully saturated rings. The van der Waals surface area contributed by atoms with Crippen molar-refractivity contribution in [3.05, 3.63) is 12.2 Å². The summed E-state index contributed by atoms with van der Waals surface area (Å²) in [7, 11) is -3.33. The third-order valence-corrected chi connectivity index (χ3v) is 4.79. The molecule has 0 saturated heterocycles. The predicted octanol–water partition coefficient (Wildman–Crippen LogP) is 0.635. The van der Waals surface area contributed by atoms with E-state index in [2.05, 4.69) is 5.32 Å². The number of nitrogens with zero attached hydrogens (tertiary/aromatic N) is 1. The molecular formula is C12H20N2O3S. The summed E-state index contributed by atoms with van der Waals surface area (Å²) in [6.45, 7) is 0.293. The molecule has 1 atom stereocenters. The summed E-state index contributed by atoms with van der Waals surface area (Å²) in [4.78, 5) is 12.1. The van der Waals surface area contributed by atoms with E-state index in [1.807, 2.05) is 0 Å². The lowest BCUT2D eigenvalue weighted by molar-refractivity contribution is -0.124. The van der Waals surface area contributed by atoms with Crippen LogP contribution in [0.25, 0.3) is 0 Å². The SMILES string of the molecule is CS(=O)(=O)N1CC=C[C@H]1C(=O)NC1CCCCC1. The van der Waals surface area contributed by atoms with Crippen LogP contribution in [0.2, 0.25) is 0 Å². The van der Waals surface area contributed by atoms with E-state index in [4.69, 9.17) is 0 Å². The topological polar surface area (TPSA) is 66.5 Å². The molecule has 1 N–H and O–H groups in total. The number of amides is 1. The van der Waals surface area contributed by atoms with Crippen LogP contribution in [0, 0.1) is 0 Å². The molecule has 1 amide bonds. The molecule has 1 heterocycles. The van der Waals surface area contributed by atoms with E-state index in [9.17, 15) is 13.2 Å². The summed E-state index contributed by atoms with van der Waals surface area (Å²) < 4.78 is 24.3. The lowest BCUT2D eigenvalue weighted by atomic mass is 9.95. The highest BCUT2D eigenvalue weighted by Crippen LogP contribution is 2.19. The Kier molecular flexibility index (Phi) is 4.07. The number of carbonyl (C=O) groups excluding carboxylic acids is 1. The first kappa shape index (κ1) is 13.5. The van der Waals surface area contributed by atoms with Crippen LogP contribution < -0.4 is 5.32 Å². The van der Waals surface area contributed by atoms with Gasteiger partial charge in [-0.3, -0.25) is 4.79 Å². The number of hydrogen-bond acceptors (Lipinski definition) is 3. The summed E-state index contributed by atoms with van der Waals surface area (Å²) in [5, 5.41) is 2.97. The van der Waals surface area contributed by atoms with Crippen molar-refractivity contribution in [2.75, 3.05) is 12.8 Å². The van der Waals surface area contributed by atoms with Crippen molar-refractivity contribution in [2.24, 2.45) is 0 Å². The van der Waals surface area contributed by atoms with Crippen LogP contribution in [-0.2, 0) is 14.8 Å². The second-order valence-corrected chi connectivity index (χ2v) is 6.98. The first-order valence-corrected chi connectivity index (χ1v) is 8.27. The highest BCUT2D eigenvalue weighted by molar-refractivity contribution is 7.88. The zero-order valence-electron chi connectivity index (χ0n) is 10.6. The minimum atomic E-state index is -3.33. The average molecular weight is 272 g/mol. The number of rotatable bonds is 3. The van der Waals surface area contributed by atoms with Gasteiger partial charge in [0.25, 0.3) is 0 Å². The molecular weight excluding hydrogens is 252 g/mol. The van der Waals surface area contributed by atoms with Crippen molar-refractivity contribution < 1.29 is 13.2 Å². The maximum atomic E-state index is 12.1. The van der Waals surface area contributed by atoms with Crippen LogP contribution in [0.4, 0.5) is 0 Å². The molecule has 1 saturated carbocycles. The number of hydrogen-bond donors (Lipinski definition) is 1. The number of nitrogens with one attached hydrogen (secondary N) is 1. The Morgan fingerprint density at radius 2 is 1.94 bits per heavy atom. The van der Waals surface area contributed by atoms with Gasteiger partial charge in [-0.2, -0.15) is 4.31 Å². The van der Waals surface area contributed by atoms with Gasteiger partial charge < -0.3 is 5.32 Å². The molecule has 2 rings (SSSR count). The maximum absolute atomic E-state index is 12.1. The van der Waals surface area contributed by atoms with Crippen LogP contribution >= 0.6 is 0 Å². The van der Waals surface area contributed by atoms with E-state index in [1.54, 1.807) is 12.2 Å². The molecule has 0 radical (unpaired) electrons. The molecule has 6 heteroatoms. The molecule has 0 spiro atoms. The molecule has 0 aromatic heterocycles. The normalized spacial score (nSPS) is 26.4. The maximum Gasteiger partial charge on any atom is 0.242 e. The lowest BCUT2D eigenvalue weighted by Crippen LogP contribution is -2.49. The molecule has 102 valence electrons. The Morgan fingerprint density at radius 3 is 2.56 bits per heavy atom. The standard InChI is InChI=1S/C12H20N2O3S/c1-18(16,17)14-9-5-8-11(14)12(15)13-10-6-3-2-4-7-10/h5,8,10-11H,2-4,6-7,9H2,1H3,(H,13,15)/t11-/m0/s1.